The van der Waals surface area contributed by atoms with Crippen LogP contribution >= 0.6 is 0 Å². The third-order valence-electron chi connectivity index (χ3n) is 4.56. The van der Waals surface area contributed by atoms with Gasteiger partial charge in [-0.2, -0.15) is 0 Å². The molecule has 1 N–H and O–H groups in total. The first-order valence-electron chi connectivity index (χ1n) is 7.15. The first-order valence-corrected chi connectivity index (χ1v) is 7.15. The number of nitrogens with one attached hydrogen (secondary N) is 1. The van der Waals surface area contributed by atoms with Crippen molar-refractivity contribution in [1.82, 2.24) is 15.1 Å². The number of piperazine rings is 1. The summed E-state index contributed by atoms with van der Waals surface area (Å²) in [5.74, 6) is 0.936. The molecule has 0 spiro atoms. The molecule has 0 aromatic heterocycles. The molecule has 2 rings (SSSR count). The second kappa shape index (κ2) is 5.25. The third kappa shape index (κ3) is 3.43. The smallest absolute Gasteiger partial charge is 0.0309 e. The lowest BCUT2D eigenvalue weighted by Gasteiger charge is -2.44. The molecule has 3 heteroatoms. The molecular weight excluding hydrogens is 210 g/mol. The monoisotopic (exact) mass is 239 g/mol. The lowest BCUT2D eigenvalue weighted by atomic mass is 9.92. The van der Waals surface area contributed by atoms with Crippen LogP contribution in [0.25, 0.3) is 0 Å². The number of nitrogens with zero attached hydrogens (tertiary/aromatic N) is 2. The molecule has 1 aliphatic carbocycles. The Balaban J connectivity index is 1.83. The zero-order valence-corrected chi connectivity index (χ0v) is 12.0. The largest absolute Gasteiger partial charge is 0.309 e. The van der Waals surface area contributed by atoms with E-state index in [0.717, 1.165) is 12.0 Å². The van der Waals surface area contributed by atoms with Crippen molar-refractivity contribution in [2.24, 2.45) is 5.92 Å². The summed E-state index contributed by atoms with van der Waals surface area (Å²) in [6.07, 6.45) is 4.15. The Morgan fingerprint density at radius 2 is 2.12 bits per heavy atom. The summed E-state index contributed by atoms with van der Waals surface area (Å²) >= 11 is 0. The first kappa shape index (κ1) is 13.3. The highest BCUT2D eigenvalue weighted by Crippen LogP contribution is 2.41. The van der Waals surface area contributed by atoms with Gasteiger partial charge in [-0.3, -0.25) is 4.90 Å². The fourth-order valence-electron chi connectivity index (χ4n) is 3.04. The van der Waals surface area contributed by atoms with E-state index in [1.165, 1.54) is 45.4 Å². The highest BCUT2D eigenvalue weighted by atomic mass is 15.2. The van der Waals surface area contributed by atoms with Crippen LogP contribution in [-0.4, -0.2) is 61.7 Å². The van der Waals surface area contributed by atoms with Gasteiger partial charge >= 0.3 is 0 Å². The summed E-state index contributed by atoms with van der Waals surface area (Å²) in [4.78, 5) is 4.98. The van der Waals surface area contributed by atoms with Gasteiger partial charge in [-0.1, -0.05) is 0 Å². The molecule has 1 saturated heterocycles. The second-order valence-corrected chi connectivity index (χ2v) is 6.53. The molecule has 0 radical (unpaired) electrons. The fourth-order valence-corrected chi connectivity index (χ4v) is 3.04. The third-order valence-corrected chi connectivity index (χ3v) is 4.56. The van der Waals surface area contributed by atoms with E-state index in [2.05, 4.69) is 43.1 Å². The standard InChI is InChI=1S/C14H29N3/c1-12(7-9-16(3)4)17-10-8-15-14(2,11-17)13-5-6-13/h12-13,15H,5-11H2,1-4H3. The highest BCUT2D eigenvalue weighted by Gasteiger charge is 2.44. The van der Waals surface area contributed by atoms with E-state index in [0.29, 0.717) is 5.54 Å². The van der Waals surface area contributed by atoms with E-state index >= 15 is 0 Å². The Labute approximate surface area is 107 Å². The molecule has 100 valence electrons. The SMILES string of the molecule is CC(CCN(C)C)N1CCNC(C)(C2CC2)C1. The molecule has 0 amide bonds. The fraction of sp³-hybridized carbons (Fsp3) is 1.00. The molecule has 2 aliphatic rings. The van der Waals surface area contributed by atoms with Crippen LogP contribution in [-0.2, 0) is 0 Å². The quantitative estimate of drug-likeness (QED) is 0.782. The number of hydrogen-bond acceptors (Lipinski definition) is 3. The molecule has 0 bridgehead atoms. The van der Waals surface area contributed by atoms with Crippen LogP contribution in [0.3, 0.4) is 0 Å². The normalized spacial score (nSPS) is 33.0. The number of hydrogen-bond donors (Lipinski definition) is 1. The first-order chi connectivity index (χ1) is 8.01. The summed E-state index contributed by atoms with van der Waals surface area (Å²) in [6, 6.07) is 0.720. The molecular formula is C14H29N3. The van der Waals surface area contributed by atoms with Crippen LogP contribution in [0.1, 0.15) is 33.1 Å². The van der Waals surface area contributed by atoms with Crippen LogP contribution < -0.4 is 5.32 Å². The van der Waals surface area contributed by atoms with Crippen molar-refractivity contribution in [2.45, 2.75) is 44.7 Å². The molecule has 0 aromatic rings. The zero-order valence-electron chi connectivity index (χ0n) is 12.0. The minimum Gasteiger partial charge on any atom is -0.309 e. The summed E-state index contributed by atoms with van der Waals surface area (Å²) in [5, 5.41) is 3.76. The second-order valence-electron chi connectivity index (χ2n) is 6.53. The maximum atomic E-state index is 3.76. The minimum atomic E-state index is 0.393. The van der Waals surface area contributed by atoms with Gasteiger partial charge in [0.1, 0.15) is 0 Å². The minimum absolute atomic E-state index is 0.393. The van der Waals surface area contributed by atoms with Crippen molar-refractivity contribution in [3.05, 3.63) is 0 Å². The molecule has 1 aliphatic heterocycles. The predicted octanol–water partition coefficient (Wildman–Crippen LogP) is 1.40. The molecule has 1 saturated carbocycles. The molecule has 2 unspecified atom stereocenters. The van der Waals surface area contributed by atoms with Crippen molar-refractivity contribution in [2.75, 3.05) is 40.3 Å². The summed E-state index contributed by atoms with van der Waals surface area (Å²) in [7, 11) is 4.33. The van der Waals surface area contributed by atoms with Gasteiger partial charge in [0.25, 0.3) is 0 Å². The lowest BCUT2D eigenvalue weighted by molar-refractivity contribution is 0.0878. The van der Waals surface area contributed by atoms with Crippen molar-refractivity contribution < 1.29 is 0 Å². The Morgan fingerprint density at radius 3 is 2.71 bits per heavy atom. The van der Waals surface area contributed by atoms with Crippen molar-refractivity contribution in [3.8, 4) is 0 Å². The highest BCUT2D eigenvalue weighted by molar-refractivity contribution is 5.02. The van der Waals surface area contributed by atoms with Gasteiger partial charge in [0.05, 0.1) is 0 Å². The van der Waals surface area contributed by atoms with Crippen LogP contribution in [0.4, 0.5) is 0 Å². The van der Waals surface area contributed by atoms with Gasteiger partial charge in [-0.05, 0) is 59.7 Å². The van der Waals surface area contributed by atoms with Crippen molar-refractivity contribution >= 4 is 0 Å². The summed E-state index contributed by atoms with van der Waals surface area (Å²) in [6.45, 7) is 9.64. The Hall–Kier alpha value is -0.120. The van der Waals surface area contributed by atoms with Crippen LogP contribution in [0.15, 0.2) is 0 Å². The van der Waals surface area contributed by atoms with Gasteiger partial charge in [0.15, 0.2) is 0 Å². The van der Waals surface area contributed by atoms with Crippen LogP contribution in [0.2, 0.25) is 0 Å². The Kier molecular flexibility index (Phi) is 4.11. The number of rotatable bonds is 5. The Bertz CT molecular complexity index is 250. The molecule has 17 heavy (non-hydrogen) atoms. The van der Waals surface area contributed by atoms with Gasteiger partial charge in [-0.25, -0.2) is 0 Å². The Morgan fingerprint density at radius 1 is 1.41 bits per heavy atom. The maximum Gasteiger partial charge on any atom is 0.0309 e. The lowest BCUT2D eigenvalue weighted by Crippen LogP contribution is -2.61. The van der Waals surface area contributed by atoms with Gasteiger partial charge in [0, 0.05) is 31.2 Å². The maximum absolute atomic E-state index is 3.76. The van der Waals surface area contributed by atoms with Crippen LogP contribution in [0, 0.1) is 5.92 Å². The molecule has 3 nitrogen and oxygen atoms in total. The average molecular weight is 239 g/mol. The van der Waals surface area contributed by atoms with E-state index in [9.17, 15) is 0 Å². The molecule has 0 aromatic carbocycles. The van der Waals surface area contributed by atoms with Crippen molar-refractivity contribution in [1.29, 1.82) is 0 Å². The van der Waals surface area contributed by atoms with E-state index in [4.69, 9.17) is 0 Å². The van der Waals surface area contributed by atoms with Crippen molar-refractivity contribution in [3.63, 3.8) is 0 Å². The molecule has 2 fully saturated rings. The predicted molar refractivity (Wildman–Crippen MR) is 73.3 cm³/mol. The van der Waals surface area contributed by atoms with E-state index < -0.39 is 0 Å². The zero-order chi connectivity index (χ0) is 12.5. The average Bonchev–Trinajstić information content (AvgIpc) is 3.09. The van der Waals surface area contributed by atoms with Gasteiger partial charge < -0.3 is 10.2 Å². The molecule has 2 atom stereocenters. The van der Waals surface area contributed by atoms with E-state index in [-0.39, 0.29) is 0 Å². The van der Waals surface area contributed by atoms with E-state index in [1.807, 2.05) is 0 Å². The van der Waals surface area contributed by atoms with Crippen LogP contribution in [0.5, 0.6) is 0 Å². The molecule has 1 heterocycles. The summed E-state index contributed by atoms with van der Waals surface area (Å²) in [5.41, 5.74) is 0.393. The van der Waals surface area contributed by atoms with E-state index in [1.54, 1.807) is 0 Å². The topological polar surface area (TPSA) is 18.5 Å². The van der Waals surface area contributed by atoms with Gasteiger partial charge in [0.2, 0.25) is 0 Å². The van der Waals surface area contributed by atoms with Gasteiger partial charge in [-0.15, -0.1) is 0 Å². The summed E-state index contributed by atoms with van der Waals surface area (Å²) < 4.78 is 0.